The number of nitrogens with two attached hydrogens (primary N) is 1. The molecule has 1 saturated heterocycles. The summed E-state index contributed by atoms with van der Waals surface area (Å²) >= 11 is 1.85. The first-order valence-corrected chi connectivity index (χ1v) is 7.07. The van der Waals surface area contributed by atoms with Crippen LogP contribution in [0.3, 0.4) is 0 Å². The molecule has 4 N–H and O–H groups in total. The van der Waals surface area contributed by atoms with Gasteiger partial charge in [0.15, 0.2) is 5.84 Å². The van der Waals surface area contributed by atoms with Crippen LogP contribution in [0.5, 0.6) is 0 Å². The number of amidine groups is 1. The number of thioether (sulfide) groups is 1. The maximum Gasteiger partial charge on any atom is 0.231 e. The number of amides is 1. The molecule has 6 heteroatoms. The van der Waals surface area contributed by atoms with Gasteiger partial charge in [0.05, 0.1) is 0 Å². The van der Waals surface area contributed by atoms with Crippen LogP contribution in [0.4, 0.5) is 0 Å². The predicted octanol–water partition coefficient (Wildman–Crippen LogP) is 1.02. The first-order chi connectivity index (χ1) is 8.06. The Bertz CT molecular complexity index is 288. The lowest BCUT2D eigenvalue weighted by molar-refractivity contribution is -0.124. The second kappa shape index (κ2) is 6.74. The summed E-state index contributed by atoms with van der Waals surface area (Å²) in [6.07, 6.45) is 2.14. The van der Waals surface area contributed by atoms with Gasteiger partial charge in [0.2, 0.25) is 5.91 Å². The zero-order valence-corrected chi connectivity index (χ0v) is 11.2. The second-order valence-corrected chi connectivity index (χ2v) is 5.82. The van der Waals surface area contributed by atoms with Crippen molar-refractivity contribution in [3.05, 3.63) is 0 Å². The number of rotatable bonds is 4. The summed E-state index contributed by atoms with van der Waals surface area (Å²) < 4.78 is 0. The number of oxime groups is 1. The van der Waals surface area contributed by atoms with Crippen molar-refractivity contribution < 1.29 is 10.0 Å². The Labute approximate surface area is 106 Å². The highest BCUT2D eigenvalue weighted by Gasteiger charge is 2.28. The van der Waals surface area contributed by atoms with E-state index < -0.39 is 5.92 Å². The molecule has 2 unspecified atom stereocenters. The third kappa shape index (κ3) is 4.11. The van der Waals surface area contributed by atoms with E-state index in [1.807, 2.05) is 25.6 Å². The van der Waals surface area contributed by atoms with E-state index in [9.17, 15) is 4.79 Å². The lowest BCUT2D eigenvalue weighted by atomic mass is 9.93. The summed E-state index contributed by atoms with van der Waals surface area (Å²) in [5.41, 5.74) is 5.56. The molecule has 1 aliphatic rings. The molecule has 1 fully saturated rings. The molecular weight excluding hydrogens is 238 g/mol. The highest BCUT2D eigenvalue weighted by atomic mass is 32.2. The smallest absolute Gasteiger partial charge is 0.231 e. The first kappa shape index (κ1) is 14.2. The van der Waals surface area contributed by atoms with E-state index in [0.29, 0.717) is 0 Å². The van der Waals surface area contributed by atoms with Gasteiger partial charge < -0.3 is 16.3 Å². The van der Waals surface area contributed by atoms with Gasteiger partial charge in [-0.2, -0.15) is 11.8 Å². The second-order valence-electron chi connectivity index (χ2n) is 4.67. The molecule has 0 bridgehead atoms. The summed E-state index contributed by atoms with van der Waals surface area (Å²) in [6.45, 7) is 3.77. The van der Waals surface area contributed by atoms with Gasteiger partial charge in [-0.3, -0.25) is 4.79 Å². The van der Waals surface area contributed by atoms with Crippen LogP contribution in [0.15, 0.2) is 5.16 Å². The number of hydrogen-bond donors (Lipinski definition) is 3. The van der Waals surface area contributed by atoms with E-state index in [2.05, 4.69) is 10.5 Å². The zero-order valence-electron chi connectivity index (χ0n) is 10.3. The predicted molar refractivity (Wildman–Crippen MR) is 70.2 cm³/mol. The molecular formula is C11H21N3O2S. The molecule has 1 aliphatic heterocycles. The topological polar surface area (TPSA) is 87.7 Å². The third-order valence-corrected chi connectivity index (χ3v) is 4.11. The van der Waals surface area contributed by atoms with Crippen LogP contribution in [0.25, 0.3) is 0 Å². The van der Waals surface area contributed by atoms with Crippen molar-refractivity contribution in [2.45, 2.75) is 32.7 Å². The van der Waals surface area contributed by atoms with Gasteiger partial charge in [0, 0.05) is 11.8 Å². The Kier molecular flexibility index (Phi) is 5.61. The summed E-state index contributed by atoms with van der Waals surface area (Å²) in [7, 11) is 0. The van der Waals surface area contributed by atoms with Gasteiger partial charge in [0.1, 0.15) is 5.92 Å². The molecule has 0 spiro atoms. The highest BCUT2D eigenvalue weighted by Crippen LogP contribution is 2.18. The van der Waals surface area contributed by atoms with Crippen molar-refractivity contribution in [1.29, 1.82) is 0 Å². The highest BCUT2D eigenvalue weighted by molar-refractivity contribution is 7.99. The van der Waals surface area contributed by atoms with Crippen LogP contribution in [0, 0.1) is 11.8 Å². The maximum absolute atomic E-state index is 12.1. The van der Waals surface area contributed by atoms with Crippen LogP contribution in [-0.2, 0) is 4.79 Å². The zero-order chi connectivity index (χ0) is 12.8. The molecule has 0 radical (unpaired) electrons. The fraction of sp³-hybridized carbons (Fsp3) is 0.818. The number of carbonyl (C=O) groups excluding carboxylic acids is 1. The molecule has 1 heterocycles. The Morgan fingerprint density at radius 1 is 1.59 bits per heavy atom. The minimum absolute atomic E-state index is 0.0130. The van der Waals surface area contributed by atoms with Crippen LogP contribution in [0.1, 0.15) is 26.7 Å². The van der Waals surface area contributed by atoms with E-state index >= 15 is 0 Å². The normalized spacial score (nSPS) is 23.5. The van der Waals surface area contributed by atoms with Crippen LogP contribution < -0.4 is 11.1 Å². The van der Waals surface area contributed by atoms with Gasteiger partial charge in [-0.15, -0.1) is 0 Å². The van der Waals surface area contributed by atoms with E-state index in [0.717, 1.165) is 18.6 Å². The summed E-state index contributed by atoms with van der Waals surface area (Å²) in [5.74, 6) is 1.44. The van der Waals surface area contributed by atoms with Crippen molar-refractivity contribution in [3.8, 4) is 0 Å². The largest absolute Gasteiger partial charge is 0.409 e. The van der Waals surface area contributed by atoms with E-state index in [4.69, 9.17) is 10.9 Å². The number of hydrogen-bond acceptors (Lipinski definition) is 4. The fourth-order valence-electron chi connectivity index (χ4n) is 1.99. The first-order valence-electron chi connectivity index (χ1n) is 5.91. The summed E-state index contributed by atoms with van der Waals surface area (Å²) in [5, 5.41) is 14.6. The quantitative estimate of drug-likeness (QED) is 0.304. The van der Waals surface area contributed by atoms with Gasteiger partial charge >= 0.3 is 0 Å². The minimum atomic E-state index is -0.549. The van der Waals surface area contributed by atoms with Crippen molar-refractivity contribution >= 4 is 23.5 Å². The molecule has 17 heavy (non-hydrogen) atoms. The lowest BCUT2D eigenvalue weighted by Gasteiger charge is -2.26. The van der Waals surface area contributed by atoms with Gasteiger partial charge in [-0.05, 0) is 24.5 Å². The van der Waals surface area contributed by atoms with E-state index in [-0.39, 0.29) is 23.7 Å². The standard InChI is InChI=1S/C11H21N3O2S/c1-7(2)9(10(12)14-16)11(15)13-8-4-3-5-17-6-8/h7-9,16H,3-6H2,1-2H3,(H2,12,14)(H,13,15). The molecule has 0 aromatic rings. The van der Waals surface area contributed by atoms with Crippen molar-refractivity contribution in [2.75, 3.05) is 11.5 Å². The third-order valence-electron chi connectivity index (χ3n) is 2.89. The molecule has 98 valence electrons. The van der Waals surface area contributed by atoms with Crippen molar-refractivity contribution in [2.24, 2.45) is 22.7 Å². The van der Waals surface area contributed by atoms with Crippen molar-refractivity contribution in [1.82, 2.24) is 5.32 Å². The maximum atomic E-state index is 12.1. The van der Waals surface area contributed by atoms with Gasteiger partial charge in [-0.25, -0.2) is 0 Å². The fourth-order valence-corrected chi connectivity index (χ4v) is 3.06. The monoisotopic (exact) mass is 259 g/mol. The Balaban J connectivity index is 2.58. The Morgan fingerprint density at radius 3 is 2.76 bits per heavy atom. The number of carbonyl (C=O) groups is 1. The minimum Gasteiger partial charge on any atom is -0.409 e. The molecule has 0 aromatic heterocycles. The van der Waals surface area contributed by atoms with Crippen LogP contribution in [0.2, 0.25) is 0 Å². The average Bonchev–Trinajstić information content (AvgIpc) is 2.29. The molecule has 0 aromatic carbocycles. The Hall–Kier alpha value is -0.910. The lowest BCUT2D eigenvalue weighted by Crippen LogP contribution is -2.47. The Morgan fingerprint density at radius 2 is 2.29 bits per heavy atom. The molecule has 5 nitrogen and oxygen atoms in total. The van der Waals surface area contributed by atoms with Crippen LogP contribution >= 0.6 is 11.8 Å². The number of nitrogens with zero attached hydrogens (tertiary/aromatic N) is 1. The van der Waals surface area contributed by atoms with E-state index in [1.54, 1.807) is 0 Å². The summed E-state index contributed by atoms with van der Waals surface area (Å²) in [4.78, 5) is 12.1. The van der Waals surface area contributed by atoms with Gasteiger partial charge in [-0.1, -0.05) is 19.0 Å². The molecule has 1 amide bonds. The SMILES string of the molecule is CC(C)C(C(=O)NC1CCCSC1)C(N)=NO. The molecule has 0 aliphatic carbocycles. The average molecular weight is 259 g/mol. The molecule has 0 saturated carbocycles. The van der Waals surface area contributed by atoms with Crippen molar-refractivity contribution in [3.63, 3.8) is 0 Å². The number of nitrogens with one attached hydrogen (secondary N) is 1. The molecule has 1 rings (SSSR count). The van der Waals surface area contributed by atoms with E-state index in [1.165, 1.54) is 5.75 Å². The molecule has 2 atom stereocenters. The summed E-state index contributed by atoms with van der Waals surface area (Å²) in [6, 6.07) is 0.217. The van der Waals surface area contributed by atoms with Crippen LogP contribution in [-0.4, -0.2) is 34.5 Å². The van der Waals surface area contributed by atoms with Gasteiger partial charge in [0.25, 0.3) is 0 Å².